The fraction of sp³-hybridized carbons (Fsp3) is 0.417. The fourth-order valence-electron chi connectivity index (χ4n) is 1.93. The van der Waals surface area contributed by atoms with Crippen LogP contribution in [0.1, 0.15) is 12.8 Å². The first-order chi connectivity index (χ1) is 8.31. The van der Waals surface area contributed by atoms with Crippen molar-refractivity contribution in [2.45, 2.75) is 24.2 Å². The lowest BCUT2D eigenvalue weighted by Gasteiger charge is -2.05. The molecule has 5 heteroatoms. The SMILES string of the molecule is Nc1ccc2oc(SCC3CCCO3)nc2c1. The van der Waals surface area contributed by atoms with Crippen LogP contribution < -0.4 is 5.73 Å². The van der Waals surface area contributed by atoms with Crippen molar-refractivity contribution in [1.82, 2.24) is 4.98 Å². The van der Waals surface area contributed by atoms with Crippen LogP contribution in [0.15, 0.2) is 27.8 Å². The summed E-state index contributed by atoms with van der Waals surface area (Å²) >= 11 is 1.61. The van der Waals surface area contributed by atoms with Crippen LogP contribution in [0, 0.1) is 0 Å². The molecule has 0 aliphatic carbocycles. The number of aromatic nitrogens is 1. The topological polar surface area (TPSA) is 61.3 Å². The van der Waals surface area contributed by atoms with E-state index in [0.717, 1.165) is 36.3 Å². The van der Waals surface area contributed by atoms with Crippen LogP contribution in [0.25, 0.3) is 11.1 Å². The molecule has 0 amide bonds. The van der Waals surface area contributed by atoms with Gasteiger partial charge < -0.3 is 14.9 Å². The van der Waals surface area contributed by atoms with Crippen molar-refractivity contribution in [3.8, 4) is 0 Å². The van der Waals surface area contributed by atoms with Crippen LogP contribution >= 0.6 is 11.8 Å². The third-order valence-corrected chi connectivity index (χ3v) is 3.77. The van der Waals surface area contributed by atoms with Gasteiger partial charge in [0.25, 0.3) is 5.22 Å². The third kappa shape index (κ3) is 2.40. The molecular weight excluding hydrogens is 236 g/mol. The maximum atomic E-state index is 5.70. The lowest BCUT2D eigenvalue weighted by molar-refractivity contribution is 0.128. The molecule has 4 nitrogen and oxygen atoms in total. The summed E-state index contributed by atoms with van der Waals surface area (Å²) in [5, 5.41) is 0.695. The summed E-state index contributed by atoms with van der Waals surface area (Å²) < 4.78 is 11.2. The fourth-order valence-corrected chi connectivity index (χ4v) is 2.83. The standard InChI is InChI=1S/C12H14N2O2S/c13-8-3-4-11-10(6-8)14-12(16-11)17-7-9-2-1-5-15-9/h3-4,6,9H,1-2,5,7,13H2. The van der Waals surface area contributed by atoms with E-state index in [1.807, 2.05) is 18.2 Å². The Morgan fingerprint density at radius 3 is 3.24 bits per heavy atom. The number of benzene rings is 1. The van der Waals surface area contributed by atoms with Gasteiger partial charge in [-0.05, 0) is 31.0 Å². The highest BCUT2D eigenvalue weighted by molar-refractivity contribution is 7.99. The highest BCUT2D eigenvalue weighted by Gasteiger charge is 2.17. The Balaban J connectivity index is 1.72. The lowest BCUT2D eigenvalue weighted by Crippen LogP contribution is -2.07. The second kappa shape index (κ2) is 4.58. The first kappa shape index (κ1) is 10.9. The van der Waals surface area contributed by atoms with Gasteiger partial charge >= 0.3 is 0 Å². The number of ether oxygens (including phenoxy) is 1. The average Bonchev–Trinajstić information content (AvgIpc) is 2.94. The Kier molecular flexibility index (Phi) is 2.94. The van der Waals surface area contributed by atoms with E-state index in [4.69, 9.17) is 14.9 Å². The van der Waals surface area contributed by atoms with E-state index < -0.39 is 0 Å². The molecular formula is C12H14N2O2S. The zero-order valence-corrected chi connectivity index (χ0v) is 10.2. The van der Waals surface area contributed by atoms with Gasteiger partial charge in [-0.1, -0.05) is 11.8 Å². The van der Waals surface area contributed by atoms with E-state index in [1.54, 1.807) is 11.8 Å². The van der Waals surface area contributed by atoms with E-state index >= 15 is 0 Å². The quantitative estimate of drug-likeness (QED) is 0.670. The molecule has 1 unspecified atom stereocenters. The molecule has 1 aromatic heterocycles. The first-order valence-electron chi connectivity index (χ1n) is 5.72. The van der Waals surface area contributed by atoms with E-state index in [-0.39, 0.29) is 0 Å². The van der Waals surface area contributed by atoms with E-state index in [0.29, 0.717) is 17.0 Å². The summed E-state index contributed by atoms with van der Waals surface area (Å²) in [6.07, 6.45) is 2.65. The van der Waals surface area contributed by atoms with Crippen LogP contribution in [0.3, 0.4) is 0 Å². The maximum absolute atomic E-state index is 5.70. The molecule has 1 atom stereocenters. The van der Waals surface area contributed by atoms with Gasteiger partial charge in [0, 0.05) is 18.0 Å². The number of nitrogen functional groups attached to an aromatic ring is 1. The van der Waals surface area contributed by atoms with Gasteiger partial charge in [-0.2, -0.15) is 0 Å². The highest BCUT2D eigenvalue weighted by atomic mass is 32.2. The van der Waals surface area contributed by atoms with Gasteiger partial charge in [0.1, 0.15) is 5.52 Å². The number of nitrogens with zero attached hydrogens (tertiary/aromatic N) is 1. The Bertz CT molecular complexity index is 520. The van der Waals surface area contributed by atoms with E-state index in [1.165, 1.54) is 0 Å². The summed E-state index contributed by atoms with van der Waals surface area (Å²) in [4.78, 5) is 4.40. The summed E-state index contributed by atoms with van der Waals surface area (Å²) in [6, 6.07) is 5.50. The highest BCUT2D eigenvalue weighted by Crippen LogP contribution is 2.27. The summed E-state index contributed by atoms with van der Waals surface area (Å²) in [5.41, 5.74) is 8.01. The predicted octanol–water partition coefficient (Wildman–Crippen LogP) is 2.68. The molecule has 2 heterocycles. The zero-order valence-electron chi connectivity index (χ0n) is 9.39. The van der Waals surface area contributed by atoms with Crippen molar-refractivity contribution in [3.05, 3.63) is 18.2 Å². The molecule has 2 aromatic rings. The molecule has 1 fully saturated rings. The van der Waals surface area contributed by atoms with Crippen LogP contribution in [0.4, 0.5) is 5.69 Å². The van der Waals surface area contributed by atoms with Crippen molar-refractivity contribution < 1.29 is 9.15 Å². The maximum Gasteiger partial charge on any atom is 0.256 e. The smallest absolute Gasteiger partial charge is 0.256 e. The normalized spacial score (nSPS) is 20.1. The minimum absolute atomic E-state index is 0.347. The monoisotopic (exact) mass is 250 g/mol. The van der Waals surface area contributed by atoms with Gasteiger partial charge in [0.05, 0.1) is 6.10 Å². The summed E-state index contributed by atoms with van der Waals surface area (Å²) in [6.45, 7) is 0.884. The number of hydrogen-bond acceptors (Lipinski definition) is 5. The van der Waals surface area contributed by atoms with Gasteiger partial charge in [0.2, 0.25) is 0 Å². The Morgan fingerprint density at radius 2 is 2.41 bits per heavy atom. The summed E-state index contributed by atoms with van der Waals surface area (Å²) in [7, 11) is 0. The van der Waals surface area contributed by atoms with Crippen LogP contribution in [0.5, 0.6) is 0 Å². The Morgan fingerprint density at radius 1 is 1.47 bits per heavy atom. The number of fused-ring (bicyclic) bond motifs is 1. The third-order valence-electron chi connectivity index (χ3n) is 2.81. The predicted molar refractivity (Wildman–Crippen MR) is 68.1 cm³/mol. The van der Waals surface area contributed by atoms with Gasteiger partial charge in [0.15, 0.2) is 5.58 Å². The van der Waals surface area contributed by atoms with Crippen molar-refractivity contribution in [2.75, 3.05) is 18.1 Å². The van der Waals surface area contributed by atoms with Crippen molar-refractivity contribution >= 4 is 28.5 Å². The molecule has 3 rings (SSSR count). The Hall–Kier alpha value is -1.20. The van der Waals surface area contributed by atoms with Crippen molar-refractivity contribution in [1.29, 1.82) is 0 Å². The molecule has 90 valence electrons. The molecule has 1 aliphatic rings. The average molecular weight is 250 g/mol. The molecule has 0 bridgehead atoms. The number of anilines is 1. The number of thioether (sulfide) groups is 1. The zero-order chi connectivity index (χ0) is 11.7. The second-order valence-electron chi connectivity index (χ2n) is 4.15. The van der Waals surface area contributed by atoms with Gasteiger partial charge in [-0.15, -0.1) is 0 Å². The van der Waals surface area contributed by atoms with E-state index in [9.17, 15) is 0 Å². The number of oxazole rings is 1. The van der Waals surface area contributed by atoms with Gasteiger partial charge in [-0.3, -0.25) is 0 Å². The number of rotatable bonds is 3. The summed E-state index contributed by atoms with van der Waals surface area (Å²) in [5.74, 6) is 0.905. The molecule has 1 aliphatic heterocycles. The molecule has 1 saturated heterocycles. The minimum atomic E-state index is 0.347. The van der Waals surface area contributed by atoms with Crippen LogP contribution in [-0.4, -0.2) is 23.4 Å². The molecule has 0 spiro atoms. The van der Waals surface area contributed by atoms with Crippen molar-refractivity contribution in [2.24, 2.45) is 0 Å². The molecule has 2 N–H and O–H groups in total. The molecule has 0 saturated carbocycles. The molecule has 17 heavy (non-hydrogen) atoms. The largest absolute Gasteiger partial charge is 0.431 e. The van der Waals surface area contributed by atoms with Gasteiger partial charge in [-0.25, -0.2) is 4.98 Å². The molecule has 1 aromatic carbocycles. The number of nitrogens with two attached hydrogens (primary N) is 1. The van der Waals surface area contributed by atoms with E-state index in [2.05, 4.69) is 4.98 Å². The van der Waals surface area contributed by atoms with Crippen molar-refractivity contribution in [3.63, 3.8) is 0 Å². The minimum Gasteiger partial charge on any atom is -0.431 e. The van der Waals surface area contributed by atoms with Crippen LogP contribution in [0.2, 0.25) is 0 Å². The molecule has 0 radical (unpaired) electrons. The second-order valence-corrected chi connectivity index (χ2v) is 5.12. The first-order valence-corrected chi connectivity index (χ1v) is 6.70. The number of hydrogen-bond donors (Lipinski definition) is 1. The van der Waals surface area contributed by atoms with Crippen LogP contribution in [-0.2, 0) is 4.74 Å². The Labute approximate surface area is 104 Å². The lowest BCUT2D eigenvalue weighted by atomic mass is 10.3.